The monoisotopic (exact) mass is 584 g/mol. The maximum absolute atomic E-state index is 9.40. The van der Waals surface area contributed by atoms with E-state index in [1.165, 1.54) is 11.3 Å². The second-order valence-corrected chi connectivity index (χ2v) is 11.2. The van der Waals surface area contributed by atoms with Gasteiger partial charge in [-0.05, 0) is 62.3 Å². The van der Waals surface area contributed by atoms with Crippen LogP contribution in [-0.2, 0) is 39.6 Å². The highest BCUT2D eigenvalue weighted by atomic mass is 16.7. The first-order valence-electron chi connectivity index (χ1n) is 15.1. The third kappa shape index (κ3) is 12.3. The zero-order valence-corrected chi connectivity index (χ0v) is 26.3. The van der Waals surface area contributed by atoms with E-state index >= 15 is 0 Å². The number of ether oxygens (including phenoxy) is 7. The quantitative estimate of drug-likeness (QED) is 0.112. The van der Waals surface area contributed by atoms with Crippen LogP contribution in [0.5, 0.6) is 0 Å². The number of aliphatic hydroxyl groups excluding tert-OH is 1. The van der Waals surface area contributed by atoms with Gasteiger partial charge in [-0.15, -0.1) is 0 Å². The van der Waals surface area contributed by atoms with E-state index in [1.54, 1.807) is 0 Å². The van der Waals surface area contributed by atoms with Gasteiger partial charge in [-0.3, -0.25) is 0 Å². The van der Waals surface area contributed by atoms with Crippen LogP contribution in [0.15, 0.2) is 12.1 Å². The Bertz CT molecular complexity index is 839. The fraction of sp³-hybridized carbons (Fsp3) is 0.806. The van der Waals surface area contributed by atoms with Crippen molar-refractivity contribution >= 4 is 11.4 Å². The first-order valence-corrected chi connectivity index (χ1v) is 15.1. The van der Waals surface area contributed by atoms with Crippen molar-refractivity contribution in [3.8, 4) is 0 Å². The Hall–Kier alpha value is -1.50. The van der Waals surface area contributed by atoms with Gasteiger partial charge in [0.1, 0.15) is 0 Å². The largest absolute Gasteiger partial charge is 0.398 e. The van der Waals surface area contributed by atoms with Crippen LogP contribution in [0.25, 0.3) is 0 Å². The summed E-state index contributed by atoms with van der Waals surface area (Å²) in [4.78, 5) is 2.38. The fourth-order valence-electron chi connectivity index (χ4n) is 4.82. The third-order valence-electron chi connectivity index (χ3n) is 7.58. The standard InChI is InChI=1S/C31H56N2O8/c1-7-35-10-11-36-12-13-37-14-15-38-16-17-39-18-19-41-30(40-9-8-34)23-33-29-22-27(24(2)3)28(32)21-26(29)20-25(4)31(33,5)6/h21-22,24-25,30,34H,7-20,23,32H2,1-6H3. The lowest BCUT2D eigenvalue weighted by molar-refractivity contribution is -0.152. The number of nitrogens with two attached hydrogens (primary N) is 1. The third-order valence-corrected chi connectivity index (χ3v) is 7.58. The number of fused-ring (bicyclic) bond motifs is 1. The lowest BCUT2D eigenvalue weighted by Gasteiger charge is -2.50. The van der Waals surface area contributed by atoms with Crippen molar-refractivity contribution in [2.45, 2.75) is 65.7 Å². The van der Waals surface area contributed by atoms with Crippen molar-refractivity contribution in [2.75, 3.05) is 103 Å². The lowest BCUT2D eigenvalue weighted by Crippen LogP contribution is -2.55. The molecule has 2 atom stereocenters. The van der Waals surface area contributed by atoms with Gasteiger partial charge >= 0.3 is 0 Å². The van der Waals surface area contributed by atoms with E-state index in [-0.39, 0.29) is 18.8 Å². The molecule has 0 aromatic heterocycles. The molecule has 3 N–H and O–H groups in total. The molecule has 2 rings (SSSR count). The van der Waals surface area contributed by atoms with E-state index < -0.39 is 6.29 Å². The zero-order valence-electron chi connectivity index (χ0n) is 26.3. The smallest absolute Gasteiger partial charge is 0.175 e. The maximum Gasteiger partial charge on any atom is 0.175 e. The highest BCUT2D eigenvalue weighted by Crippen LogP contribution is 2.43. The normalized spacial score (nSPS) is 17.3. The van der Waals surface area contributed by atoms with Gasteiger partial charge in [0.05, 0.1) is 85.8 Å². The number of nitrogens with zero attached hydrogens (tertiary/aromatic N) is 1. The summed E-state index contributed by atoms with van der Waals surface area (Å²) in [6.45, 7) is 19.5. The van der Waals surface area contributed by atoms with Crippen LogP contribution < -0.4 is 10.6 Å². The number of nitrogen functional groups attached to an aromatic ring is 1. The Balaban J connectivity index is 1.75. The molecule has 0 amide bonds. The maximum atomic E-state index is 9.40. The predicted octanol–water partition coefficient (Wildman–Crippen LogP) is 3.62. The minimum atomic E-state index is -0.514. The van der Waals surface area contributed by atoms with E-state index in [0.29, 0.717) is 91.1 Å². The summed E-state index contributed by atoms with van der Waals surface area (Å²) in [6, 6.07) is 4.37. The van der Waals surface area contributed by atoms with E-state index in [0.717, 1.165) is 17.7 Å². The molecular weight excluding hydrogens is 528 g/mol. The van der Waals surface area contributed by atoms with Crippen molar-refractivity contribution in [1.82, 2.24) is 0 Å². The number of benzene rings is 1. The van der Waals surface area contributed by atoms with Crippen LogP contribution in [0.4, 0.5) is 11.4 Å². The summed E-state index contributed by atoms with van der Waals surface area (Å²) < 4.78 is 39.3. The average Bonchev–Trinajstić information content (AvgIpc) is 2.93. The Morgan fingerprint density at radius 3 is 1.88 bits per heavy atom. The van der Waals surface area contributed by atoms with E-state index in [2.05, 4.69) is 51.7 Å². The molecule has 0 saturated heterocycles. The predicted molar refractivity (Wildman–Crippen MR) is 162 cm³/mol. The Morgan fingerprint density at radius 2 is 1.37 bits per heavy atom. The molecule has 238 valence electrons. The van der Waals surface area contributed by atoms with Crippen LogP contribution in [0, 0.1) is 5.92 Å². The van der Waals surface area contributed by atoms with Crippen molar-refractivity contribution in [3.05, 3.63) is 23.3 Å². The van der Waals surface area contributed by atoms with E-state index in [4.69, 9.17) is 38.9 Å². The summed E-state index contributed by atoms with van der Waals surface area (Å²) in [7, 11) is 0. The summed E-state index contributed by atoms with van der Waals surface area (Å²) in [5.41, 5.74) is 10.7. The Kier molecular flexibility index (Phi) is 17.1. The molecule has 1 aliphatic rings. The minimum Gasteiger partial charge on any atom is -0.398 e. The van der Waals surface area contributed by atoms with Crippen LogP contribution in [0.2, 0.25) is 0 Å². The summed E-state index contributed by atoms with van der Waals surface area (Å²) in [5.74, 6) is 0.733. The first kappa shape index (κ1) is 35.7. The van der Waals surface area contributed by atoms with Crippen LogP contribution in [0.3, 0.4) is 0 Å². The molecule has 10 nitrogen and oxygen atoms in total. The molecule has 0 spiro atoms. The minimum absolute atomic E-state index is 0.0667. The van der Waals surface area contributed by atoms with Crippen molar-refractivity contribution < 1.29 is 38.3 Å². The summed E-state index contributed by atoms with van der Waals surface area (Å²) >= 11 is 0. The van der Waals surface area contributed by atoms with Crippen molar-refractivity contribution in [2.24, 2.45) is 5.92 Å². The SMILES string of the molecule is CCOCCOCCOCCOCCOCCOC(CN1c2cc(C(C)C)c(N)cc2CC(C)C1(C)C)OCCO. The lowest BCUT2D eigenvalue weighted by atomic mass is 9.77. The highest BCUT2D eigenvalue weighted by Gasteiger charge is 2.40. The highest BCUT2D eigenvalue weighted by molar-refractivity contribution is 5.67. The molecule has 41 heavy (non-hydrogen) atoms. The van der Waals surface area contributed by atoms with Crippen molar-refractivity contribution in [3.63, 3.8) is 0 Å². The molecule has 1 aromatic carbocycles. The molecule has 1 heterocycles. The molecule has 0 bridgehead atoms. The Labute approximate surface area is 247 Å². The average molecular weight is 585 g/mol. The zero-order chi connectivity index (χ0) is 30.1. The summed E-state index contributed by atoms with van der Waals surface area (Å²) in [6.07, 6.45) is 0.454. The molecule has 0 radical (unpaired) electrons. The number of hydrogen-bond acceptors (Lipinski definition) is 10. The van der Waals surface area contributed by atoms with Gasteiger partial charge < -0.3 is 48.9 Å². The molecule has 1 aliphatic heterocycles. The van der Waals surface area contributed by atoms with Gasteiger partial charge in [-0.25, -0.2) is 0 Å². The molecule has 2 unspecified atom stereocenters. The van der Waals surface area contributed by atoms with Crippen LogP contribution in [0.1, 0.15) is 58.6 Å². The van der Waals surface area contributed by atoms with Crippen LogP contribution >= 0.6 is 0 Å². The van der Waals surface area contributed by atoms with Gasteiger partial charge in [0.25, 0.3) is 0 Å². The fourth-order valence-corrected chi connectivity index (χ4v) is 4.82. The number of rotatable bonds is 23. The second kappa shape index (κ2) is 19.6. The van der Waals surface area contributed by atoms with Gasteiger partial charge in [-0.1, -0.05) is 20.8 Å². The topological polar surface area (TPSA) is 114 Å². The summed E-state index contributed by atoms with van der Waals surface area (Å²) in [5, 5.41) is 9.40. The number of aliphatic hydroxyl groups is 1. The number of anilines is 2. The van der Waals surface area contributed by atoms with Gasteiger partial charge in [-0.2, -0.15) is 0 Å². The molecule has 10 heteroatoms. The molecule has 0 saturated carbocycles. The van der Waals surface area contributed by atoms with Gasteiger partial charge in [0.2, 0.25) is 0 Å². The Morgan fingerprint density at radius 1 is 0.854 bits per heavy atom. The molecular formula is C31H56N2O8. The molecule has 0 aliphatic carbocycles. The first-order chi connectivity index (χ1) is 19.7. The molecule has 0 fully saturated rings. The second-order valence-electron chi connectivity index (χ2n) is 11.2. The number of hydrogen-bond donors (Lipinski definition) is 2. The van der Waals surface area contributed by atoms with Gasteiger partial charge in [0.15, 0.2) is 6.29 Å². The molecule has 1 aromatic rings. The van der Waals surface area contributed by atoms with E-state index in [9.17, 15) is 5.11 Å². The van der Waals surface area contributed by atoms with E-state index in [1.807, 2.05) is 6.92 Å². The van der Waals surface area contributed by atoms with Crippen LogP contribution in [-0.4, -0.2) is 109 Å². The van der Waals surface area contributed by atoms with Gasteiger partial charge in [0, 0.05) is 23.5 Å². The van der Waals surface area contributed by atoms with Crippen molar-refractivity contribution in [1.29, 1.82) is 0 Å².